The van der Waals surface area contributed by atoms with Crippen LogP contribution in [-0.2, 0) is 0 Å². The van der Waals surface area contributed by atoms with Crippen LogP contribution < -0.4 is 0 Å². The highest BCUT2D eigenvalue weighted by Gasteiger charge is 2.42. The van der Waals surface area contributed by atoms with Gasteiger partial charge in [-0.3, -0.25) is 0 Å². The van der Waals surface area contributed by atoms with Gasteiger partial charge in [-0.25, -0.2) is 0 Å². The molecule has 1 saturated heterocycles. The summed E-state index contributed by atoms with van der Waals surface area (Å²) < 4.78 is 24.5. The van der Waals surface area contributed by atoms with Crippen molar-refractivity contribution in [1.82, 2.24) is 4.90 Å². The minimum Gasteiger partial charge on any atom is -0.305 e. The Hall–Kier alpha value is -0.440. The third-order valence-corrected chi connectivity index (χ3v) is 3.39. The molecule has 0 atom stereocenters. The van der Waals surface area contributed by atoms with E-state index < -0.39 is 6.08 Å². The number of halogens is 2. The molecule has 1 aliphatic heterocycles. The minimum absolute atomic E-state index is 0.397. The maximum atomic E-state index is 12.2. The van der Waals surface area contributed by atoms with Gasteiger partial charge in [0.2, 0.25) is 0 Å². The SMILES string of the molecule is CN1CC2(CCC(=C(F)F)CC2)C1. The number of likely N-dealkylation sites (tertiary alicyclic amines) is 1. The normalized spacial score (nSPS) is 27.5. The Morgan fingerprint density at radius 2 is 1.77 bits per heavy atom. The van der Waals surface area contributed by atoms with Crippen molar-refractivity contribution in [2.75, 3.05) is 20.1 Å². The molecule has 1 heterocycles. The highest BCUT2D eigenvalue weighted by molar-refractivity contribution is 5.11. The van der Waals surface area contributed by atoms with E-state index in [9.17, 15) is 8.78 Å². The van der Waals surface area contributed by atoms with Crippen LogP contribution in [0, 0.1) is 5.41 Å². The Balaban J connectivity index is 1.94. The summed E-state index contributed by atoms with van der Waals surface area (Å²) in [6.07, 6.45) is 1.74. The molecular weight excluding hydrogens is 172 g/mol. The summed E-state index contributed by atoms with van der Waals surface area (Å²) >= 11 is 0. The monoisotopic (exact) mass is 187 g/mol. The summed E-state index contributed by atoms with van der Waals surface area (Å²) in [4.78, 5) is 2.26. The van der Waals surface area contributed by atoms with Crippen LogP contribution in [0.4, 0.5) is 8.78 Å². The predicted octanol–water partition coefficient (Wildman–Crippen LogP) is 2.64. The van der Waals surface area contributed by atoms with Crippen LogP contribution in [0.25, 0.3) is 0 Å². The first-order valence-electron chi connectivity index (χ1n) is 4.83. The Labute approximate surface area is 77.4 Å². The molecule has 0 aromatic heterocycles. The summed E-state index contributed by atoms with van der Waals surface area (Å²) in [5, 5.41) is 0. The fraction of sp³-hybridized carbons (Fsp3) is 0.800. The van der Waals surface area contributed by atoms with Gasteiger partial charge in [-0.1, -0.05) is 0 Å². The molecule has 0 aromatic carbocycles. The van der Waals surface area contributed by atoms with E-state index in [1.165, 1.54) is 0 Å². The van der Waals surface area contributed by atoms with E-state index in [0.29, 0.717) is 23.8 Å². The Bertz CT molecular complexity index is 225. The molecule has 2 rings (SSSR count). The van der Waals surface area contributed by atoms with Crippen LogP contribution in [0.15, 0.2) is 11.7 Å². The van der Waals surface area contributed by atoms with Gasteiger partial charge in [0.15, 0.2) is 0 Å². The van der Waals surface area contributed by atoms with E-state index in [2.05, 4.69) is 11.9 Å². The lowest BCUT2D eigenvalue weighted by Crippen LogP contribution is -2.55. The highest BCUT2D eigenvalue weighted by Crippen LogP contribution is 2.45. The fourth-order valence-corrected chi connectivity index (χ4v) is 2.69. The second-order valence-corrected chi connectivity index (χ2v) is 4.54. The van der Waals surface area contributed by atoms with Crippen molar-refractivity contribution in [3.05, 3.63) is 11.7 Å². The molecule has 0 bridgehead atoms. The largest absolute Gasteiger partial charge is 0.305 e. The molecule has 2 aliphatic rings. The zero-order valence-electron chi connectivity index (χ0n) is 7.95. The van der Waals surface area contributed by atoms with Gasteiger partial charge in [-0.15, -0.1) is 0 Å². The molecule has 1 nitrogen and oxygen atoms in total. The maximum Gasteiger partial charge on any atom is 0.269 e. The van der Waals surface area contributed by atoms with Gasteiger partial charge < -0.3 is 4.90 Å². The van der Waals surface area contributed by atoms with Gasteiger partial charge in [0, 0.05) is 13.1 Å². The van der Waals surface area contributed by atoms with Crippen molar-refractivity contribution in [2.45, 2.75) is 25.7 Å². The topological polar surface area (TPSA) is 3.24 Å². The van der Waals surface area contributed by atoms with E-state index in [1.807, 2.05) is 0 Å². The number of hydrogen-bond donors (Lipinski definition) is 0. The lowest BCUT2D eigenvalue weighted by molar-refractivity contribution is -0.00177. The average molecular weight is 187 g/mol. The zero-order chi connectivity index (χ0) is 9.47. The van der Waals surface area contributed by atoms with Crippen molar-refractivity contribution in [3.8, 4) is 0 Å². The molecular formula is C10H15F2N. The lowest BCUT2D eigenvalue weighted by atomic mass is 9.68. The summed E-state index contributed by atoms with van der Waals surface area (Å²) in [7, 11) is 2.09. The van der Waals surface area contributed by atoms with Crippen LogP contribution in [0.1, 0.15) is 25.7 Å². The molecule has 1 aliphatic carbocycles. The molecule has 3 heteroatoms. The van der Waals surface area contributed by atoms with E-state index in [1.54, 1.807) is 0 Å². The van der Waals surface area contributed by atoms with Crippen molar-refractivity contribution < 1.29 is 8.78 Å². The molecule has 74 valence electrons. The Kier molecular flexibility index (Phi) is 2.14. The van der Waals surface area contributed by atoms with Gasteiger partial charge in [-0.2, -0.15) is 8.78 Å². The predicted molar refractivity (Wildman–Crippen MR) is 47.6 cm³/mol. The number of rotatable bonds is 0. The van der Waals surface area contributed by atoms with Gasteiger partial charge in [-0.05, 0) is 43.7 Å². The first-order valence-corrected chi connectivity index (χ1v) is 4.83. The van der Waals surface area contributed by atoms with Gasteiger partial charge in [0.25, 0.3) is 6.08 Å². The van der Waals surface area contributed by atoms with E-state index in [4.69, 9.17) is 0 Å². The van der Waals surface area contributed by atoms with Crippen LogP contribution >= 0.6 is 0 Å². The molecule has 0 unspecified atom stereocenters. The smallest absolute Gasteiger partial charge is 0.269 e. The molecule has 0 N–H and O–H groups in total. The first-order chi connectivity index (χ1) is 6.11. The standard InChI is InChI=1S/C10H15F2N/c1-13-6-10(7-13)4-2-8(3-5-10)9(11)12/h2-7H2,1H3. The van der Waals surface area contributed by atoms with Gasteiger partial charge in [0.1, 0.15) is 0 Å². The van der Waals surface area contributed by atoms with Crippen LogP contribution in [-0.4, -0.2) is 25.0 Å². The molecule has 1 spiro atoms. The van der Waals surface area contributed by atoms with Crippen LogP contribution in [0.5, 0.6) is 0 Å². The number of nitrogens with zero attached hydrogens (tertiary/aromatic N) is 1. The summed E-state index contributed by atoms with van der Waals surface area (Å²) in [5.74, 6) is 0. The van der Waals surface area contributed by atoms with E-state index in [-0.39, 0.29) is 0 Å². The summed E-state index contributed by atoms with van der Waals surface area (Å²) in [5.41, 5.74) is 0.799. The first kappa shape index (κ1) is 9.13. The van der Waals surface area contributed by atoms with Crippen molar-refractivity contribution in [1.29, 1.82) is 0 Å². The van der Waals surface area contributed by atoms with Gasteiger partial charge in [0.05, 0.1) is 0 Å². The van der Waals surface area contributed by atoms with Gasteiger partial charge >= 0.3 is 0 Å². The second kappa shape index (κ2) is 3.05. The third-order valence-electron chi connectivity index (χ3n) is 3.39. The average Bonchev–Trinajstić information content (AvgIpc) is 2.03. The molecule has 0 aromatic rings. The number of allylic oxidation sites excluding steroid dienone is 1. The maximum absolute atomic E-state index is 12.2. The highest BCUT2D eigenvalue weighted by atomic mass is 19.3. The van der Waals surface area contributed by atoms with Crippen molar-refractivity contribution in [3.63, 3.8) is 0 Å². The molecule has 2 fully saturated rings. The molecule has 13 heavy (non-hydrogen) atoms. The summed E-state index contributed by atoms with van der Waals surface area (Å²) in [6, 6.07) is 0. The Morgan fingerprint density at radius 3 is 2.15 bits per heavy atom. The molecule has 1 saturated carbocycles. The third kappa shape index (κ3) is 1.62. The number of hydrogen-bond acceptors (Lipinski definition) is 1. The van der Waals surface area contributed by atoms with Crippen molar-refractivity contribution in [2.24, 2.45) is 5.41 Å². The van der Waals surface area contributed by atoms with Crippen molar-refractivity contribution >= 4 is 0 Å². The summed E-state index contributed by atoms with van der Waals surface area (Å²) in [6.45, 7) is 2.21. The Morgan fingerprint density at radius 1 is 1.23 bits per heavy atom. The van der Waals surface area contributed by atoms with Crippen LogP contribution in [0.2, 0.25) is 0 Å². The van der Waals surface area contributed by atoms with E-state index >= 15 is 0 Å². The minimum atomic E-state index is -1.43. The fourth-order valence-electron chi connectivity index (χ4n) is 2.69. The quantitative estimate of drug-likeness (QED) is 0.563. The zero-order valence-corrected chi connectivity index (χ0v) is 7.95. The molecule has 0 amide bonds. The second-order valence-electron chi connectivity index (χ2n) is 4.54. The molecule has 0 radical (unpaired) electrons. The van der Waals surface area contributed by atoms with Crippen LogP contribution in [0.3, 0.4) is 0 Å². The lowest BCUT2D eigenvalue weighted by Gasteiger charge is -2.51. The van der Waals surface area contributed by atoms with E-state index in [0.717, 1.165) is 25.9 Å².